The summed E-state index contributed by atoms with van der Waals surface area (Å²) in [6.45, 7) is 0. The van der Waals surface area contributed by atoms with E-state index in [9.17, 15) is 9.59 Å². The second-order valence-electron chi connectivity index (χ2n) is 7.93. The number of fused-ring (bicyclic) bond motifs is 5. The summed E-state index contributed by atoms with van der Waals surface area (Å²) in [5.74, 6) is 0.305. The Morgan fingerprint density at radius 2 is 1.65 bits per heavy atom. The van der Waals surface area contributed by atoms with Crippen LogP contribution in [0.4, 0.5) is 0 Å². The summed E-state index contributed by atoms with van der Waals surface area (Å²) in [4.78, 5) is 31.0. The number of nitrogens with one attached hydrogen (secondary N) is 1. The Kier molecular flexibility index (Phi) is 4.48. The van der Waals surface area contributed by atoms with Gasteiger partial charge in [-0.2, -0.15) is 5.10 Å². The summed E-state index contributed by atoms with van der Waals surface area (Å²) in [5.41, 5.74) is 5.60. The predicted molar refractivity (Wildman–Crippen MR) is 133 cm³/mol. The lowest BCUT2D eigenvalue weighted by Crippen LogP contribution is -2.20. The number of rotatable bonds is 4. The van der Waals surface area contributed by atoms with E-state index >= 15 is 0 Å². The molecule has 0 bridgehead atoms. The van der Waals surface area contributed by atoms with Gasteiger partial charge in [-0.25, -0.2) is 10.4 Å². The zero-order valence-corrected chi connectivity index (χ0v) is 18.1. The fourth-order valence-electron chi connectivity index (χ4n) is 4.41. The van der Waals surface area contributed by atoms with Crippen LogP contribution in [0.5, 0.6) is 5.75 Å². The number of amides is 1. The molecule has 0 radical (unpaired) electrons. The highest BCUT2D eigenvalue weighted by molar-refractivity contribution is 6.20. The maximum atomic E-state index is 13.3. The van der Waals surface area contributed by atoms with E-state index < -0.39 is 5.91 Å². The number of carbonyl (C=O) groups excluding carboxylic acids is 1. The Labute approximate surface area is 193 Å². The molecule has 3 aromatic heterocycles. The SMILES string of the molecule is COc1ccc(/C=N/NC(=O)c2cc3c4ccccc4n4c(=O)c5ccccc5c(n2)c34)cc1. The molecule has 0 spiro atoms. The smallest absolute Gasteiger partial charge is 0.289 e. The number of carbonyl (C=O) groups is 1. The number of methoxy groups -OCH3 is 1. The standard InChI is InChI=1S/C27H18N4O3/c1-34-17-12-10-16(11-13-17)15-28-30-26(32)22-14-21-18-6-4-5-9-23(18)31-25(21)24(29-22)19-7-2-3-8-20(19)27(31)33/h2-15H,1H3,(H,30,32)/b28-15+. The van der Waals surface area contributed by atoms with E-state index in [-0.39, 0.29) is 11.3 Å². The molecule has 0 saturated heterocycles. The first-order valence-electron chi connectivity index (χ1n) is 10.7. The van der Waals surface area contributed by atoms with Crippen molar-refractivity contribution in [1.82, 2.24) is 14.8 Å². The maximum Gasteiger partial charge on any atom is 0.289 e. The van der Waals surface area contributed by atoms with Gasteiger partial charge in [0.2, 0.25) is 0 Å². The van der Waals surface area contributed by atoms with Crippen LogP contribution in [0.1, 0.15) is 16.1 Å². The van der Waals surface area contributed by atoms with Crippen molar-refractivity contribution >= 4 is 50.2 Å². The quantitative estimate of drug-likeness (QED) is 0.248. The van der Waals surface area contributed by atoms with E-state index in [4.69, 9.17) is 4.74 Å². The number of benzene rings is 3. The molecule has 0 unspecified atom stereocenters. The molecule has 0 aliphatic rings. The van der Waals surface area contributed by atoms with Crippen molar-refractivity contribution in [3.63, 3.8) is 0 Å². The Bertz CT molecular complexity index is 1800. The van der Waals surface area contributed by atoms with E-state index in [1.54, 1.807) is 29.9 Å². The number of ether oxygens (including phenoxy) is 1. The van der Waals surface area contributed by atoms with E-state index in [1.165, 1.54) is 0 Å². The first-order chi connectivity index (χ1) is 16.7. The summed E-state index contributed by atoms with van der Waals surface area (Å²) in [6, 6.07) is 24.0. The largest absolute Gasteiger partial charge is 0.497 e. The molecule has 1 N–H and O–H groups in total. The number of aromatic nitrogens is 2. The normalized spacial score (nSPS) is 11.8. The molecular weight excluding hydrogens is 428 g/mol. The molecule has 0 aliphatic heterocycles. The third kappa shape index (κ3) is 2.98. The number of hydrogen-bond acceptors (Lipinski definition) is 5. The predicted octanol–water partition coefficient (Wildman–Crippen LogP) is 4.36. The molecule has 3 heterocycles. The van der Waals surface area contributed by atoms with Crippen LogP contribution >= 0.6 is 0 Å². The Balaban J connectivity index is 1.50. The zero-order valence-electron chi connectivity index (χ0n) is 18.1. The second-order valence-corrected chi connectivity index (χ2v) is 7.93. The van der Waals surface area contributed by atoms with E-state index in [1.807, 2.05) is 66.7 Å². The first kappa shape index (κ1) is 19.9. The monoisotopic (exact) mass is 446 g/mol. The van der Waals surface area contributed by atoms with Gasteiger partial charge in [0, 0.05) is 21.5 Å². The second kappa shape index (κ2) is 7.67. The van der Waals surface area contributed by atoms with Crippen LogP contribution < -0.4 is 15.7 Å². The summed E-state index contributed by atoms with van der Waals surface area (Å²) in [7, 11) is 1.60. The molecule has 0 fully saturated rings. The molecular formula is C27H18N4O3. The minimum Gasteiger partial charge on any atom is -0.497 e. The molecule has 0 aliphatic carbocycles. The highest BCUT2D eigenvalue weighted by Crippen LogP contribution is 2.33. The summed E-state index contributed by atoms with van der Waals surface area (Å²) >= 11 is 0. The van der Waals surface area contributed by atoms with Gasteiger partial charge >= 0.3 is 0 Å². The van der Waals surface area contributed by atoms with Crippen molar-refractivity contribution in [2.75, 3.05) is 7.11 Å². The van der Waals surface area contributed by atoms with Crippen LogP contribution in [0.2, 0.25) is 0 Å². The fourth-order valence-corrected chi connectivity index (χ4v) is 4.41. The van der Waals surface area contributed by atoms with Crippen LogP contribution in [0, 0.1) is 0 Å². The highest BCUT2D eigenvalue weighted by atomic mass is 16.5. The summed E-state index contributed by atoms with van der Waals surface area (Å²) < 4.78 is 6.84. The Morgan fingerprint density at radius 3 is 2.41 bits per heavy atom. The third-order valence-corrected chi connectivity index (χ3v) is 6.00. The average Bonchev–Trinajstić information content (AvgIpc) is 3.22. The van der Waals surface area contributed by atoms with Gasteiger partial charge in [0.1, 0.15) is 11.4 Å². The fraction of sp³-hybridized carbons (Fsp3) is 0.0370. The van der Waals surface area contributed by atoms with Crippen LogP contribution in [0.15, 0.2) is 88.8 Å². The lowest BCUT2D eigenvalue weighted by atomic mass is 10.1. The van der Waals surface area contributed by atoms with Crippen LogP contribution in [0.3, 0.4) is 0 Å². The van der Waals surface area contributed by atoms with Crippen molar-refractivity contribution < 1.29 is 9.53 Å². The molecule has 6 aromatic rings. The van der Waals surface area contributed by atoms with Gasteiger partial charge in [-0.1, -0.05) is 36.4 Å². The van der Waals surface area contributed by atoms with Gasteiger partial charge in [-0.15, -0.1) is 0 Å². The number of pyridine rings is 2. The number of hydrazone groups is 1. The molecule has 7 nitrogen and oxygen atoms in total. The molecule has 1 amide bonds. The minimum absolute atomic E-state index is 0.0996. The van der Waals surface area contributed by atoms with Crippen LogP contribution in [0.25, 0.3) is 38.1 Å². The van der Waals surface area contributed by atoms with Gasteiger partial charge in [-0.05, 0) is 48.0 Å². The lowest BCUT2D eigenvalue weighted by Gasteiger charge is -2.07. The maximum absolute atomic E-state index is 13.3. The van der Waals surface area contributed by atoms with E-state index in [0.717, 1.165) is 27.6 Å². The molecule has 3 aromatic carbocycles. The average molecular weight is 446 g/mol. The van der Waals surface area contributed by atoms with E-state index in [2.05, 4.69) is 15.5 Å². The molecule has 0 atom stereocenters. The van der Waals surface area contributed by atoms with Crippen LogP contribution in [-0.2, 0) is 0 Å². The third-order valence-electron chi connectivity index (χ3n) is 6.00. The van der Waals surface area contributed by atoms with E-state index in [0.29, 0.717) is 21.8 Å². The van der Waals surface area contributed by atoms with Gasteiger partial charge in [0.25, 0.3) is 11.5 Å². The highest BCUT2D eigenvalue weighted by Gasteiger charge is 2.20. The Morgan fingerprint density at radius 1 is 0.941 bits per heavy atom. The van der Waals surface area contributed by atoms with Crippen molar-refractivity contribution in [2.45, 2.75) is 0 Å². The molecule has 0 saturated carbocycles. The van der Waals surface area contributed by atoms with Crippen molar-refractivity contribution in [1.29, 1.82) is 0 Å². The molecule has 7 heteroatoms. The summed E-state index contributed by atoms with van der Waals surface area (Å²) in [5, 5.41) is 7.04. The number of para-hydroxylation sites is 1. The minimum atomic E-state index is -0.436. The van der Waals surface area contributed by atoms with Crippen LogP contribution in [-0.4, -0.2) is 28.6 Å². The molecule has 164 valence electrons. The van der Waals surface area contributed by atoms with Gasteiger partial charge < -0.3 is 4.74 Å². The zero-order chi connectivity index (χ0) is 23.2. The van der Waals surface area contributed by atoms with Crippen molar-refractivity contribution in [3.05, 3.63) is 100 Å². The first-order valence-corrected chi connectivity index (χ1v) is 10.7. The van der Waals surface area contributed by atoms with Gasteiger partial charge in [0.05, 0.1) is 29.9 Å². The topological polar surface area (TPSA) is 85.1 Å². The van der Waals surface area contributed by atoms with Crippen molar-refractivity contribution in [2.24, 2.45) is 5.10 Å². The lowest BCUT2D eigenvalue weighted by molar-refractivity contribution is 0.0950. The number of hydrogen-bond donors (Lipinski definition) is 1. The van der Waals surface area contributed by atoms with Gasteiger partial charge in [0.15, 0.2) is 0 Å². The molecule has 34 heavy (non-hydrogen) atoms. The molecule has 6 rings (SSSR count). The Hall–Kier alpha value is -4.78. The van der Waals surface area contributed by atoms with Gasteiger partial charge in [-0.3, -0.25) is 14.0 Å². The summed E-state index contributed by atoms with van der Waals surface area (Å²) in [6.07, 6.45) is 1.56. The van der Waals surface area contributed by atoms with Crippen molar-refractivity contribution in [3.8, 4) is 5.75 Å². The number of nitrogens with zero attached hydrogens (tertiary/aromatic N) is 3.